The second-order valence-corrected chi connectivity index (χ2v) is 4.96. The van der Waals surface area contributed by atoms with E-state index in [-0.39, 0.29) is 6.61 Å². The van der Waals surface area contributed by atoms with Gasteiger partial charge in [-0.2, -0.15) is 5.10 Å². The Hall–Kier alpha value is -1.65. The second kappa shape index (κ2) is 4.55. The third-order valence-electron chi connectivity index (χ3n) is 2.92. The number of aliphatic hydroxyl groups excluding tert-OH is 1. The van der Waals surface area contributed by atoms with Gasteiger partial charge in [0.2, 0.25) is 0 Å². The molecule has 0 saturated carbocycles. The maximum Gasteiger partial charge on any atom is 0.0741 e. The van der Waals surface area contributed by atoms with E-state index in [9.17, 15) is 5.11 Å². The average molecular weight is 303 g/mol. The van der Waals surface area contributed by atoms with Gasteiger partial charge in [-0.3, -0.25) is 0 Å². The first-order valence-electron chi connectivity index (χ1n) is 5.62. The third kappa shape index (κ3) is 1.83. The van der Waals surface area contributed by atoms with E-state index < -0.39 is 0 Å². The molecule has 0 unspecified atom stereocenters. The highest BCUT2D eigenvalue weighted by Gasteiger charge is 2.08. The van der Waals surface area contributed by atoms with E-state index in [1.54, 1.807) is 0 Å². The molecule has 1 heterocycles. The first-order chi connectivity index (χ1) is 8.79. The molecule has 3 rings (SSSR count). The fourth-order valence-corrected chi connectivity index (χ4v) is 2.46. The zero-order chi connectivity index (χ0) is 12.5. The van der Waals surface area contributed by atoms with Crippen molar-refractivity contribution < 1.29 is 5.11 Å². The highest BCUT2D eigenvalue weighted by atomic mass is 79.9. The number of para-hydroxylation sites is 1. The molecule has 1 aromatic heterocycles. The minimum atomic E-state index is -0.0110. The predicted molar refractivity (Wildman–Crippen MR) is 74.7 cm³/mol. The Kier molecular flexibility index (Phi) is 2.89. The molecule has 3 aromatic rings. The molecule has 0 aliphatic rings. The Morgan fingerprint density at radius 2 is 2.00 bits per heavy atom. The molecule has 18 heavy (non-hydrogen) atoms. The maximum atomic E-state index is 9.45. The van der Waals surface area contributed by atoms with Gasteiger partial charge in [0.05, 0.1) is 24.0 Å². The fraction of sp³-hybridized carbons (Fsp3) is 0.0714. The first-order valence-corrected chi connectivity index (χ1v) is 6.41. The molecule has 0 saturated heterocycles. The van der Waals surface area contributed by atoms with Crippen molar-refractivity contribution >= 4 is 26.8 Å². The van der Waals surface area contributed by atoms with Crippen molar-refractivity contribution in [3.8, 4) is 5.69 Å². The summed E-state index contributed by atoms with van der Waals surface area (Å²) in [5.41, 5.74) is 2.79. The van der Waals surface area contributed by atoms with E-state index >= 15 is 0 Å². The highest BCUT2D eigenvalue weighted by molar-refractivity contribution is 9.10. The number of benzene rings is 2. The van der Waals surface area contributed by atoms with Crippen LogP contribution in [0.1, 0.15) is 5.56 Å². The van der Waals surface area contributed by atoms with Crippen molar-refractivity contribution in [2.24, 2.45) is 0 Å². The van der Waals surface area contributed by atoms with Gasteiger partial charge in [0.1, 0.15) is 0 Å². The third-order valence-corrected chi connectivity index (χ3v) is 3.41. The zero-order valence-corrected chi connectivity index (χ0v) is 11.1. The lowest BCUT2D eigenvalue weighted by atomic mass is 10.2. The van der Waals surface area contributed by atoms with Crippen LogP contribution in [0, 0.1) is 0 Å². The zero-order valence-electron chi connectivity index (χ0n) is 9.55. The number of hydrogen-bond donors (Lipinski definition) is 1. The molecule has 1 N–H and O–H groups in total. The van der Waals surface area contributed by atoms with Gasteiger partial charge in [-0.05, 0) is 24.3 Å². The van der Waals surface area contributed by atoms with Crippen LogP contribution in [0.15, 0.2) is 53.1 Å². The van der Waals surface area contributed by atoms with Crippen LogP contribution in [0.4, 0.5) is 0 Å². The number of nitrogens with zero attached hydrogens (tertiary/aromatic N) is 2. The van der Waals surface area contributed by atoms with Gasteiger partial charge < -0.3 is 5.11 Å². The first kappa shape index (κ1) is 11.4. The molecular weight excluding hydrogens is 292 g/mol. The number of halogens is 1. The number of fused-ring (bicyclic) bond motifs is 1. The van der Waals surface area contributed by atoms with Crippen LogP contribution < -0.4 is 0 Å². The molecule has 0 amide bonds. The minimum Gasteiger partial charge on any atom is -0.392 e. The number of aliphatic hydroxyl groups is 1. The molecule has 0 aliphatic heterocycles. The largest absolute Gasteiger partial charge is 0.392 e. The maximum absolute atomic E-state index is 9.45. The van der Waals surface area contributed by atoms with Gasteiger partial charge in [-0.1, -0.05) is 34.1 Å². The van der Waals surface area contributed by atoms with Gasteiger partial charge in [-0.15, -0.1) is 0 Å². The lowest BCUT2D eigenvalue weighted by Gasteiger charge is -2.09. The number of hydrogen-bond acceptors (Lipinski definition) is 2. The van der Waals surface area contributed by atoms with Gasteiger partial charge in [0, 0.05) is 15.4 Å². The molecule has 0 spiro atoms. The molecule has 4 heteroatoms. The molecule has 0 radical (unpaired) electrons. The summed E-state index contributed by atoms with van der Waals surface area (Å²) in [7, 11) is 0. The molecule has 0 atom stereocenters. The molecule has 0 fully saturated rings. The normalized spacial score (nSPS) is 11.0. The van der Waals surface area contributed by atoms with Crippen LogP contribution in [0.25, 0.3) is 16.6 Å². The van der Waals surface area contributed by atoms with Crippen LogP contribution in [0.3, 0.4) is 0 Å². The van der Waals surface area contributed by atoms with Crippen molar-refractivity contribution in [1.82, 2.24) is 9.78 Å². The minimum absolute atomic E-state index is 0.0110. The Morgan fingerprint density at radius 1 is 1.17 bits per heavy atom. The van der Waals surface area contributed by atoms with Crippen LogP contribution in [0.2, 0.25) is 0 Å². The summed E-state index contributed by atoms with van der Waals surface area (Å²) >= 11 is 3.41. The van der Waals surface area contributed by atoms with Crippen molar-refractivity contribution in [3.05, 3.63) is 58.7 Å². The van der Waals surface area contributed by atoms with E-state index in [1.165, 1.54) is 0 Å². The van der Waals surface area contributed by atoms with Crippen molar-refractivity contribution in [3.63, 3.8) is 0 Å². The van der Waals surface area contributed by atoms with Gasteiger partial charge in [0.15, 0.2) is 0 Å². The van der Waals surface area contributed by atoms with Crippen molar-refractivity contribution in [2.45, 2.75) is 6.61 Å². The number of aromatic nitrogens is 2. The fourth-order valence-electron chi connectivity index (χ4n) is 2.05. The van der Waals surface area contributed by atoms with Crippen LogP contribution in [-0.2, 0) is 6.61 Å². The average Bonchev–Trinajstić information content (AvgIpc) is 2.82. The Morgan fingerprint density at radius 3 is 2.83 bits per heavy atom. The Labute approximate surface area is 113 Å². The quantitative estimate of drug-likeness (QED) is 0.789. The van der Waals surface area contributed by atoms with Crippen LogP contribution in [0.5, 0.6) is 0 Å². The molecule has 2 aromatic carbocycles. The van der Waals surface area contributed by atoms with E-state index in [1.807, 2.05) is 53.3 Å². The summed E-state index contributed by atoms with van der Waals surface area (Å²) < 4.78 is 2.81. The summed E-state index contributed by atoms with van der Waals surface area (Å²) in [6.45, 7) is -0.0110. The molecule has 0 aliphatic carbocycles. The van der Waals surface area contributed by atoms with E-state index in [4.69, 9.17) is 0 Å². The molecule has 0 bridgehead atoms. The standard InChI is InChI=1S/C14H11BrN2O/c15-12-5-6-14(11(7-12)9-18)17-13-4-2-1-3-10(13)8-16-17/h1-8,18H,9H2. The lowest BCUT2D eigenvalue weighted by Crippen LogP contribution is -2.01. The summed E-state index contributed by atoms with van der Waals surface area (Å²) in [5.74, 6) is 0. The monoisotopic (exact) mass is 302 g/mol. The summed E-state index contributed by atoms with van der Waals surface area (Å²) in [5, 5.41) is 14.9. The van der Waals surface area contributed by atoms with Crippen LogP contribution in [-0.4, -0.2) is 14.9 Å². The summed E-state index contributed by atoms with van der Waals surface area (Å²) in [6.07, 6.45) is 1.83. The Bertz CT molecular complexity index is 706. The highest BCUT2D eigenvalue weighted by Crippen LogP contribution is 2.23. The predicted octanol–water partition coefficient (Wildman–Crippen LogP) is 3.28. The SMILES string of the molecule is OCc1cc(Br)ccc1-n1ncc2ccccc21. The smallest absolute Gasteiger partial charge is 0.0741 e. The van der Waals surface area contributed by atoms with Crippen molar-refractivity contribution in [2.75, 3.05) is 0 Å². The molecule has 3 nitrogen and oxygen atoms in total. The number of rotatable bonds is 2. The van der Waals surface area contributed by atoms with Gasteiger partial charge >= 0.3 is 0 Å². The van der Waals surface area contributed by atoms with E-state index in [0.29, 0.717) is 0 Å². The van der Waals surface area contributed by atoms with Gasteiger partial charge in [0.25, 0.3) is 0 Å². The van der Waals surface area contributed by atoms with E-state index in [0.717, 1.165) is 26.6 Å². The second-order valence-electron chi connectivity index (χ2n) is 4.05. The molecule has 90 valence electrons. The topological polar surface area (TPSA) is 38.0 Å². The lowest BCUT2D eigenvalue weighted by molar-refractivity contribution is 0.281. The van der Waals surface area contributed by atoms with Gasteiger partial charge in [-0.25, -0.2) is 4.68 Å². The summed E-state index contributed by atoms with van der Waals surface area (Å²) in [6, 6.07) is 13.8. The van der Waals surface area contributed by atoms with E-state index in [2.05, 4.69) is 21.0 Å². The Balaban J connectivity index is 2.26. The van der Waals surface area contributed by atoms with Crippen LogP contribution >= 0.6 is 15.9 Å². The molecular formula is C14H11BrN2O. The summed E-state index contributed by atoms with van der Waals surface area (Å²) in [4.78, 5) is 0. The van der Waals surface area contributed by atoms with Crippen molar-refractivity contribution in [1.29, 1.82) is 0 Å².